The van der Waals surface area contributed by atoms with E-state index < -0.39 is 23.3 Å². The Balaban J connectivity index is 2.06. The lowest BCUT2D eigenvalue weighted by Gasteiger charge is -2.22. The second-order valence-corrected chi connectivity index (χ2v) is 7.49. The molecular formula is C23H20O7. The Labute approximate surface area is 172 Å². The maximum Gasteiger partial charge on any atom is 0.338 e. The Kier molecular flexibility index (Phi) is 4.49. The molecule has 0 fully saturated rings. The van der Waals surface area contributed by atoms with Gasteiger partial charge in [0.2, 0.25) is 0 Å². The highest BCUT2D eigenvalue weighted by atomic mass is 16.5. The van der Waals surface area contributed by atoms with Crippen molar-refractivity contribution in [3.8, 4) is 11.1 Å². The van der Waals surface area contributed by atoms with E-state index in [1.807, 2.05) is 0 Å². The smallest absolute Gasteiger partial charge is 0.338 e. The summed E-state index contributed by atoms with van der Waals surface area (Å²) in [5.41, 5.74) is 2.39. The predicted octanol–water partition coefficient (Wildman–Crippen LogP) is 2.42. The van der Waals surface area contributed by atoms with Crippen LogP contribution in [0.4, 0.5) is 0 Å². The first kappa shape index (κ1) is 19.8. The number of hydrogen-bond acceptors (Lipinski definition) is 7. The van der Waals surface area contributed by atoms with Crippen molar-refractivity contribution in [3.05, 3.63) is 57.6 Å². The Morgan fingerprint density at radius 3 is 1.97 bits per heavy atom. The first-order valence-electron chi connectivity index (χ1n) is 9.40. The highest BCUT2D eigenvalue weighted by molar-refractivity contribution is 6.25. The van der Waals surface area contributed by atoms with Gasteiger partial charge < -0.3 is 14.2 Å². The predicted molar refractivity (Wildman–Crippen MR) is 105 cm³/mol. The average molecular weight is 408 g/mol. The number of hydrogen-bond donors (Lipinski definition) is 0. The number of fused-ring (bicyclic) bond motifs is 4. The molecular weight excluding hydrogens is 388 g/mol. The van der Waals surface area contributed by atoms with Gasteiger partial charge in [0.15, 0.2) is 11.2 Å². The quantitative estimate of drug-likeness (QED) is 0.373. The third kappa shape index (κ3) is 2.38. The summed E-state index contributed by atoms with van der Waals surface area (Å²) in [5, 5.41) is 0. The Morgan fingerprint density at radius 2 is 1.40 bits per heavy atom. The molecule has 0 bridgehead atoms. The number of ketones is 1. The molecule has 0 heterocycles. The largest absolute Gasteiger partial charge is 0.468 e. The fourth-order valence-corrected chi connectivity index (χ4v) is 4.77. The molecule has 0 aromatic heterocycles. The zero-order chi connectivity index (χ0) is 21.8. The summed E-state index contributed by atoms with van der Waals surface area (Å²) in [6, 6.07) is 7.05. The minimum absolute atomic E-state index is 0.0194. The fourth-order valence-electron chi connectivity index (χ4n) is 4.77. The van der Waals surface area contributed by atoms with Gasteiger partial charge >= 0.3 is 17.9 Å². The van der Waals surface area contributed by atoms with Gasteiger partial charge in [-0.2, -0.15) is 0 Å². The van der Waals surface area contributed by atoms with Crippen molar-refractivity contribution in [2.45, 2.75) is 19.8 Å². The first-order chi connectivity index (χ1) is 14.3. The molecule has 0 radical (unpaired) electrons. The van der Waals surface area contributed by atoms with Crippen LogP contribution in [-0.4, -0.2) is 45.0 Å². The van der Waals surface area contributed by atoms with Crippen LogP contribution < -0.4 is 0 Å². The number of rotatable bonds is 3. The molecule has 154 valence electrons. The normalized spacial score (nSPS) is 15.1. The van der Waals surface area contributed by atoms with Gasteiger partial charge in [0.25, 0.3) is 0 Å². The van der Waals surface area contributed by atoms with Crippen LogP contribution in [0.2, 0.25) is 0 Å². The maximum absolute atomic E-state index is 13.2. The van der Waals surface area contributed by atoms with Gasteiger partial charge in [0.05, 0.1) is 26.9 Å². The highest BCUT2D eigenvalue weighted by Crippen LogP contribution is 2.50. The molecule has 2 aliphatic rings. The van der Waals surface area contributed by atoms with Gasteiger partial charge in [-0.25, -0.2) is 4.79 Å². The van der Waals surface area contributed by atoms with Crippen molar-refractivity contribution in [3.63, 3.8) is 0 Å². The maximum atomic E-state index is 13.2. The number of esters is 3. The van der Waals surface area contributed by atoms with E-state index in [-0.39, 0.29) is 24.2 Å². The molecule has 0 unspecified atom stereocenters. The molecule has 4 rings (SSSR count). The topological polar surface area (TPSA) is 96.0 Å². The molecule has 0 aliphatic heterocycles. The van der Waals surface area contributed by atoms with Crippen LogP contribution in [0, 0.1) is 12.3 Å². The SMILES string of the molecule is COC(=O)c1c2c(c(C)c3c1-c1ccccc1C3=O)CC(C(=O)OC)(C(=O)OC)C2. The molecule has 2 aliphatic carbocycles. The van der Waals surface area contributed by atoms with Crippen LogP contribution in [0.25, 0.3) is 11.1 Å². The van der Waals surface area contributed by atoms with E-state index in [4.69, 9.17) is 14.2 Å². The summed E-state index contributed by atoms with van der Waals surface area (Å²) >= 11 is 0. The Bertz CT molecular complexity index is 1130. The van der Waals surface area contributed by atoms with Crippen LogP contribution in [0.15, 0.2) is 24.3 Å². The molecule has 0 amide bonds. The van der Waals surface area contributed by atoms with E-state index >= 15 is 0 Å². The van der Waals surface area contributed by atoms with Gasteiger partial charge in [0.1, 0.15) is 0 Å². The minimum atomic E-state index is -1.61. The van der Waals surface area contributed by atoms with Crippen LogP contribution in [0.3, 0.4) is 0 Å². The molecule has 7 nitrogen and oxygen atoms in total. The molecule has 2 aromatic rings. The summed E-state index contributed by atoms with van der Waals surface area (Å²) in [6.45, 7) is 1.77. The van der Waals surface area contributed by atoms with Gasteiger partial charge in [-0.15, -0.1) is 0 Å². The van der Waals surface area contributed by atoms with Crippen molar-refractivity contribution in [1.29, 1.82) is 0 Å². The number of carbonyl (C=O) groups excluding carboxylic acids is 4. The molecule has 0 atom stereocenters. The number of methoxy groups -OCH3 is 3. The van der Waals surface area contributed by atoms with E-state index in [9.17, 15) is 19.2 Å². The van der Waals surface area contributed by atoms with E-state index in [0.717, 1.165) is 0 Å². The third-order valence-electron chi connectivity index (χ3n) is 6.16. The van der Waals surface area contributed by atoms with E-state index in [0.29, 0.717) is 38.9 Å². The van der Waals surface area contributed by atoms with Crippen molar-refractivity contribution in [1.82, 2.24) is 0 Å². The molecule has 0 saturated heterocycles. The summed E-state index contributed by atoms with van der Waals surface area (Å²) in [5.74, 6) is -2.31. The summed E-state index contributed by atoms with van der Waals surface area (Å²) < 4.78 is 14.9. The van der Waals surface area contributed by atoms with Gasteiger partial charge in [0, 0.05) is 29.5 Å². The number of benzene rings is 2. The average Bonchev–Trinajstić information content (AvgIpc) is 3.31. The first-order valence-corrected chi connectivity index (χ1v) is 9.40. The van der Waals surface area contributed by atoms with Crippen molar-refractivity contribution < 1.29 is 33.4 Å². The fraction of sp³-hybridized carbons (Fsp3) is 0.304. The number of ether oxygens (including phenoxy) is 3. The lowest BCUT2D eigenvalue weighted by atomic mass is 9.84. The third-order valence-corrected chi connectivity index (χ3v) is 6.16. The zero-order valence-electron chi connectivity index (χ0n) is 17.1. The summed E-state index contributed by atoms with van der Waals surface area (Å²) in [6.07, 6.45) is -0.0923. The summed E-state index contributed by atoms with van der Waals surface area (Å²) in [7, 11) is 3.65. The van der Waals surface area contributed by atoms with Crippen LogP contribution in [0.1, 0.15) is 43.0 Å². The van der Waals surface area contributed by atoms with E-state index in [2.05, 4.69) is 0 Å². The van der Waals surface area contributed by atoms with Gasteiger partial charge in [-0.3, -0.25) is 14.4 Å². The summed E-state index contributed by atoms with van der Waals surface area (Å²) in [4.78, 5) is 51.4. The van der Waals surface area contributed by atoms with Crippen LogP contribution >= 0.6 is 0 Å². The second-order valence-electron chi connectivity index (χ2n) is 7.49. The van der Waals surface area contributed by atoms with Gasteiger partial charge in [-0.05, 0) is 29.2 Å². The van der Waals surface area contributed by atoms with Crippen LogP contribution in [0.5, 0.6) is 0 Å². The number of carbonyl (C=O) groups is 4. The van der Waals surface area contributed by atoms with Gasteiger partial charge in [-0.1, -0.05) is 24.3 Å². The molecule has 2 aromatic carbocycles. The van der Waals surface area contributed by atoms with Crippen molar-refractivity contribution in [2.75, 3.05) is 21.3 Å². The van der Waals surface area contributed by atoms with Crippen molar-refractivity contribution >= 4 is 23.7 Å². The molecule has 30 heavy (non-hydrogen) atoms. The monoisotopic (exact) mass is 408 g/mol. The van der Waals surface area contributed by atoms with E-state index in [1.165, 1.54) is 21.3 Å². The molecule has 0 N–H and O–H groups in total. The van der Waals surface area contributed by atoms with Crippen molar-refractivity contribution in [2.24, 2.45) is 5.41 Å². The van der Waals surface area contributed by atoms with E-state index in [1.54, 1.807) is 31.2 Å². The highest BCUT2D eigenvalue weighted by Gasteiger charge is 2.55. The standard InChI is InChI=1S/C23H20O7/c1-11-14-9-23(21(26)29-3,22(27)30-4)10-15(14)18(20(25)28-2)17-12-7-5-6-8-13(12)19(24)16(11)17/h5-8H,9-10H2,1-4H3. The van der Waals surface area contributed by atoms with Crippen LogP contribution in [-0.2, 0) is 36.6 Å². The molecule has 7 heteroatoms. The Hall–Kier alpha value is -3.48. The molecule has 0 spiro atoms. The second kappa shape index (κ2) is 6.79. The minimum Gasteiger partial charge on any atom is -0.468 e. The molecule has 0 saturated carbocycles. The Morgan fingerprint density at radius 1 is 0.833 bits per heavy atom. The zero-order valence-corrected chi connectivity index (χ0v) is 17.1. The lowest BCUT2D eigenvalue weighted by Crippen LogP contribution is -2.42. The lowest BCUT2D eigenvalue weighted by molar-refractivity contribution is -0.168.